The average molecular weight is 637 g/mol. The summed E-state index contributed by atoms with van der Waals surface area (Å²) in [6.07, 6.45) is -12.3. The lowest BCUT2D eigenvalue weighted by atomic mass is 9.72. The van der Waals surface area contributed by atoms with Gasteiger partial charge in [-0.2, -0.15) is 0 Å². The Hall–Kier alpha value is -3.37. The number of rotatable bonds is 2. The molecule has 12 nitrogen and oxygen atoms in total. The summed E-state index contributed by atoms with van der Waals surface area (Å²) in [6, 6.07) is 11.3. The van der Waals surface area contributed by atoms with Crippen molar-refractivity contribution in [1.29, 1.82) is 0 Å². The zero-order valence-corrected chi connectivity index (χ0v) is 24.7. The normalized spacial score (nSPS) is 34.7. The molecule has 2 aromatic rings. The minimum Gasteiger partial charge on any atom is -0.466 e. The van der Waals surface area contributed by atoms with Gasteiger partial charge < -0.3 is 55.1 Å². The summed E-state index contributed by atoms with van der Waals surface area (Å²) in [4.78, 5) is 12.3. The lowest BCUT2D eigenvalue weighted by Gasteiger charge is -2.37. The van der Waals surface area contributed by atoms with Crippen LogP contribution in [0.5, 0.6) is 0 Å². The van der Waals surface area contributed by atoms with Crippen LogP contribution in [0.1, 0.15) is 41.5 Å². The van der Waals surface area contributed by atoms with E-state index in [1.165, 1.54) is 0 Å². The zero-order chi connectivity index (χ0) is 32.7. The largest absolute Gasteiger partial charge is 0.466 e. The molecule has 10 atom stereocenters. The molecule has 244 valence electrons. The summed E-state index contributed by atoms with van der Waals surface area (Å²) in [7, 11) is 0. The summed E-state index contributed by atoms with van der Waals surface area (Å²) >= 11 is 0. The first-order valence-corrected chi connectivity index (χ1v) is 15.2. The molecule has 12 heteroatoms. The molecule has 8 N–H and O–H groups in total. The lowest BCUT2D eigenvalue weighted by Crippen LogP contribution is -2.58. The van der Waals surface area contributed by atoms with E-state index >= 15 is 0 Å². The number of fused-ring (bicyclic) bond motifs is 5. The van der Waals surface area contributed by atoms with Crippen LogP contribution in [0.3, 0.4) is 0 Å². The van der Waals surface area contributed by atoms with Gasteiger partial charge in [0.2, 0.25) is 0 Å². The Morgan fingerprint density at radius 3 is 1.61 bits per heavy atom. The predicted octanol–water partition coefficient (Wildman–Crippen LogP) is -1.93. The number of carbonyl (C=O) groups is 1. The summed E-state index contributed by atoms with van der Waals surface area (Å²) in [5.74, 6) is 11.3. The maximum Gasteiger partial charge on any atom is 0.305 e. The molecule has 0 aromatic heterocycles. The van der Waals surface area contributed by atoms with Crippen molar-refractivity contribution >= 4 is 5.97 Å². The number of hydrogen-bond acceptors (Lipinski definition) is 12. The Morgan fingerprint density at radius 1 is 0.674 bits per heavy atom. The predicted molar refractivity (Wildman–Crippen MR) is 159 cm³/mol. The topological polar surface area (TPSA) is 207 Å². The van der Waals surface area contributed by atoms with Crippen LogP contribution in [0, 0.1) is 23.7 Å². The lowest BCUT2D eigenvalue weighted by molar-refractivity contribution is -0.214. The van der Waals surface area contributed by atoms with Crippen LogP contribution in [-0.4, -0.2) is 128 Å². The monoisotopic (exact) mass is 636 g/mol. The maximum absolute atomic E-state index is 12.3. The maximum atomic E-state index is 12.3. The van der Waals surface area contributed by atoms with Gasteiger partial charge in [0.1, 0.15) is 61.0 Å². The number of carbonyl (C=O) groups excluding carboxylic acids is 1. The van der Waals surface area contributed by atoms with Gasteiger partial charge in [0.05, 0.1) is 19.8 Å². The number of aliphatic hydroxyl groups is 8. The fraction of sp³-hybridized carbons (Fsp3) is 0.500. The molecule has 46 heavy (non-hydrogen) atoms. The highest BCUT2D eigenvalue weighted by atomic mass is 16.6. The number of benzene rings is 2. The second kappa shape index (κ2) is 13.0. The van der Waals surface area contributed by atoms with E-state index in [2.05, 4.69) is 23.7 Å². The summed E-state index contributed by atoms with van der Waals surface area (Å²) in [5.41, 5.74) is 4.29. The Labute approximate surface area is 264 Å². The highest BCUT2D eigenvalue weighted by Crippen LogP contribution is 2.54. The van der Waals surface area contributed by atoms with Crippen LogP contribution in [0.15, 0.2) is 36.4 Å². The first-order valence-electron chi connectivity index (χ1n) is 15.2. The SMILES string of the molecule is O=C1CCC2(CCO1)c1cc(C#C[C@H]3O[C@H](CO)[C@@H](O)[C@H](O)[C@@H]3O)ccc1-c1ccc(C#C[C@H]3O[C@H](CO)[C@@H](O)[C@H](O)[C@@H]3O)cc12. The van der Waals surface area contributed by atoms with E-state index in [-0.39, 0.29) is 19.0 Å². The van der Waals surface area contributed by atoms with Crippen LogP contribution >= 0.6 is 0 Å². The minimum atomic E-state index is -1.54. The second-order valence-corrected chi connectivity index (χ2v) is 12.1. The first-order chi connectivity index (χ1) is 22.1. The van der Waals surface area contributed by atoms with E-state index in [1.807, 2.05) is 36.4 Å². The van der Waals surface area contributed by atoms with Crippen molar-refractivity contribution in [3.63, 3.8) is 0 Å². The highest BCUT2D eigenvalue weighted by molar-refractivity contribution is 5.83. The molecule has 3 saturated heterocycles. The molecule has 0 bridgehead atoms. The summed E-state index contributed by atoms with van der Waals surface area (Å²) < 4.78 is 16.5. The van der Waals surface area contributed by atoms with Crippen molar-refractivity contribution in [2.75, 3.05) is 19.8 Å². The van der Waals surface area contributed by atoms with Gasteiger partial charge in [-0.3, -0.25) is 4.79 Å². The van der Waals surface area contributed by atoms with Crippen LogP contribution in [0.4, 0.5) is 0 Å². The Morgan fingerprint density at radius 2 is 1.15 bits per heavy atom. The molecule has 0 amide bonds. The Balaban J connectivity index is 1.34. The smallest absolute Gasteiger partial charge is 0.305 e. The number of cyclic esters (lactones) is 1. The van der Waals surface area contributed by atoms with E-state index in [0.717, 1.165) is 22.3 Å². The fourth-order valence-corrected chi connectivity index (χ4v) is 6.79. The highest BCUT2D eigenvalue weighted by Gasteiger charge is 2.46. The van der Waals surface area contributed by atoms with E-state index in [4.69, 9.17) is 14.2 Å². The van der Waals surface area contributed by atoms with Crippen molar-refractivity contribution < 1.29 is 59.9 Å². The molecule has 6 rings (SSSR count). The first kappa shape index (κ1) is 32.6. The molecular weight excluding hydrogens is 600 g/mol. The minimum absolute atomic E-state index is 0.181. The van der Waals surface area contributed by atoms with E-state index in [0.29, 0.717) is 24.0 Å². The van der Waals surface area contributed by atoms with Crippen LogP contribution < -0.4 is 0 Å². The molecule has 3 heterocycles. The molecule has 4 aliphatic rings. The number of aliphatic hydroxyl groups excluding tert-OH is 8. The van der Waals surface area contributed by atoms with Crippen molar-refractivity contribution in [2.45, 2.75) is 85.7 Å². The standard InChI is InChI=1S/C34H36O12/c35-15-25-30(40)32(42)28(38)23(45-25)7-3-17-1-5-19-20-6-2-18(4-8-24-29(39)33(43)31(41)26(16-36)46-24)14-22(20)34(21(19)13-17)10-9-27(37)44-12-11-34/h1-2,5-6,13-14,23-26,28-33,35-36,38-43H,9-12,15-16H2/t23-,24-,25-,26-,28-,29-,30-,31-,32-,33-/m1/s1. The van der Waals surface area contributed by atoms with Gasteiger partial charge in [0.25, 0.3) is 0 Å². The van der Waals surface area contributed by atoms with Gasteiger partial charge in [-0.1, -0.05) is 35.8 Å². The quantitative estimate of drug-likeness (QED) is 0.134. The van der Waals surface area contributed by atoms with Crippen LogP contribution in [-0.2, 0) is 24.4 Å². The van der Waals surface area contributed by atoms with Crippen molar-refractivity contribution in [3.8, 4) is 34.8 Å². The molecule has 2 aromatic carbocycles. The van der Waals surface area contributed by atoms with Gasteiger partial charge in [-0.15, -0.1) is 0 Å². The van der Waals surface area contributed by atoms with Crippen LogP contribution in [0.25, 0.3) is 11.1 Å². The average Bonchev–Trinajstić information content (AvgIpc) is 3.16. The molecule has 1 aliphatic carbocycles. The Bertz CT molecular complexity index is 1490. The van der Waals surface area contributed by atoms with Gasteiger partial charge in [-0.05, 0) is 59.4 Å². The molecule has 3 aliphatic heterocycles. The molecule has 0 unspecified atom stereocenters. The third-order valence-corrected chi connectivity index (χ3v) is 9.41. The molecule has 1 spiro atoms. The van der Waals surface area contributed by atoms with Crippen molar-refractivity contribution in [3.05, 3.63) is 58.7 Å². The van der Waals surface area contributed by atoms with E-state index < -0.39 is 79.7 Å². The third-order valence-electron chi connectivity index (χ3n) is 9.41. The van der Waals surface area contributed by atoms with Gasteiger partial charge in [-0.25, -0.2) is 0 Å². The summed E-state index contributed by atoms with van der Waals surface area (Å²) in [6.45, 7) is -0.921. The van der Waals surface area contributed by atoms with Gasteiger partial charge in [0.15, 0.2) is 0 Å². The van der Waals surface area contributed by atoms with Crippen molar-refractivity contribution in [1.82, 2.24) is 0 Å². The fourth-order valence-electron chi connectivity index (χ4n) is 6.79. The van der Waals surface area contributed by atoms with E-state index in [1.54, 1.807) is 0 Å². The number of hydrogen-bond donors (Lipinski definition) is 8. The molecular formula is C34H36O12. The molecule has 0 saturated carbocycles. The van der Waals surface area contributed by atoms with Gasteiger partial charge in [0, 0.05) is 23.0 Å². The van der Waals surface area contributed by atoms with E-state index in [9.17, 15) is 45.6 Å². The third kappa shape index (κ3) is 5.72. The molecule has 3 fully saturated rings. The molecule has 0 radical (unpaired) electrons. The zero-order valence-electron chi connectivity index (χ0n) is 24.7. The Kier molecular flexibility index (Phi) is 9.22. The second-order valence-electron chi connectivity index (χ2n) is 12.1. The summed E-state index contributed by atoms with van der Waals surface area (Å²) in [5, 5.41) is 80.3. The number of esters is 1. The van der Waals surface area contributed by atoms with Gasteiger partial charge >= 0.3 is 5.97 Å². The van der Waals surface area contributed by atoms with Crippen molar-refractivity contribution in [2.24, 2.45) is 0 Å². The number of ether oxygens (including phenoxy) is 3. The van der Waals surface area contributed by atoms with Crippen LogP contribution in [0.2, 0.25) is 0 Å².